The van der Waals surface area contributed by atoms with Gasteiger partial charge in [-0.3, -0.25) is 9.59 Å². The summed E-state index contributed by atoms with van der Waals surface area (Å²) in [5.41, 5.74) is 4.36. The van der Waals surface area contributed by atoms with Crippen LogP contribution in [0.3, 0.4) is 0 Å². The van der Waals surface area contributed by atoms with E-state index in [4.69, 9.17) is 25.5 Å². The highest BCUT2D eigenvalue weighted by Gasteiger charge is 2.43. The number of allylic oxidation sites excluding steroid dienone is 3. The number of halogens is 1. The van der Waals surface area contributed by atoms with Crippen molar-refractivity contribution in [1.82, 2.24) is 5.32 Å². The Balaban J connectivity index is 1.44. The van der Waals surface area contributed by atoms with Crippen molar-refractivity contribution in [3.05, 3.63) is 103 Å². The number of fused-ring (bicyclic) bond motifs is 1. The first kappa shape index (κ1) is 26.5. The molecule has 2 aliphatic heterocycles. The normalized spacial score (nSPS) is 22.9. The minimum Gasteiger partial charge on any atom is -0.464 e. The maximum absolute atomic E-state index is 13.9. The van der Waals surface area contributed by atoms with Crippen LogP contribution in [-0.2, 0) is 19.1 Å². The van der Waals surface area contributed by atoms with Gasteiger partial charge in [0.1, 0.15) is 12.2 Å². The number of Topliss-reactive ketones (excluding diaryl/α,β-unsaturated/α-hetero) is 1. The Labute approximate surface area is 236 Å². The minimum absolute atomic E-state index is 0.0207. The third kappa shape index (κ3) is 4.88. The molecule has 7 nitrogen and oxygen atoms in total. The number of carbonyl (C=O) groups is 2. The lowest BCUT2D eigenvalue weighted by atomic mass is 9.72. The molecule has 6 rings (SSSR count). The molecule has 1 aliphatic carbocycles. The summed E-state index contributed by atoms with van der Waals surface area (Å²) in [5.74, 6) is -1.66. The van der Waals surface area contributed by atoms with Gasteiger partial charge in [-0.25, -0.2) is 4.79 Å². The van der Waals surface area contributed by atoms with Crippen LogP contribution in [0.5, 0.6) is 0 Å². The molecule has 40 heavy (non-hydrogen) atoms. The number of rotatable bonds is 5. The van der Waals surface area contributed by atoms with Gasteiger partial charge in [-0.2, -0.15) is 0 Å². The van der Waals surface area contributed by atoms with Crippen LogP contribution in [0.1, 0.15) is 61.1 Å². The molecule has 2 aromatic carbocycles. The molecular formula is C32H30ClNO6. The molecule has 0 amide bonds. The maximum Gasteiger partial charge on any atom is 0.336 e. The molecule has 3 heterocycles. The molecule has 3 atom stereocenters. The summed E-state index contributed by atoms with van der Waals surface area (Å²) in [6.07, 6.45) is 3.77. The second-order valence-electron chi connectivity index (χ2n) is 10.8. The zero-order chi connectivity index (χ0) is 28.0. The largest absolute Gasteiger partial charge is 0.464 e. The van der Waals surface area contributed by atoms with Crippen molar-refractivity contribution in [2.24, 2.45) is 0 Å². The molecule has 1 fully saturated rings. The van der Waals surface area contributed by atoms with E-state index in [1.165, 1.54) is 6.26 Å². The average molecular weight is 560 g/mol. The first-order valence-corrected chi connectivity index (χ1v) is 14.0. The van der Waals surface area contributed by atoms with Gasteiger partial charge in [0.2, 0.25) is 0 Å². The Bertz CT molecular complexity index is 1630. The van der Waals surface area contributed by atoms with E-state index in [1.54, 1.807) is 25.1 Å². The highest BCUT2D eigenvalue weighted by atomic mass is 35.5. The van der Waals surface area contributed by atoms with Gasteiger partial charge in [-0.05, 0) is 62.8 Å². The van der Waals surface area contributed by atoms with Crippen LogP contribution in [-0.4, -0.2) is 31.1 Å². The molecule has 0 saturated carbocycles. The average Bonchev–Trinajstić information content (AvgIpc) is 3.46. The van der Waals surface area contributed by atoms with Crippen molar-refractivity contribution >= 4 is 34.3 Å². The van der Waals surface area contributed by atoms with Gasteiger partial charge >= 0.3 is 5.97 Å². The summed E-state index contributed by atoms with van der Waals surface area (Å²) < 4.78 is 17.2. The molecule has 1 aromatic heterocycles. The zero-order valence-corrected chi connectivity index (χ0v) is 23.2. The van der Waals surface area contributed by atoms with Gasteiger partial charge in [0.25, 0.3) is 0 Å². The minimum atomic E-state index is -0.931. The molecule has 3 aliphatic rings. The molecule has 8 heteroatoms. The lowest BCUT2D eigenvalue weighted by Crippen LogP contribution is -2.38. The summed E-state index contributed by atoms with van der Waals surface area (Å²) in [4.78, 5) is 41.4. The fraction of sp³-hybridized carbons (Fsp3) is 0.344. The number of aryl methyl sites for hydroxylation is 1. The lowest BCUT2D eigenvalue weighted by Gasteiger charge is -2.36. The fourth-order valence-corrected chi connectivity index (χ4v) is 6.21. The third-order valence-electron chi connectivity index (χ3n) is 8.09. The number of benzene rings is 2. The van der Waals surface area contributed by atoms with Gasteiger partial charge in [0, 0.05) is 40.6 Å². The topological polar surface area (TPSA) is 94.8 Å². The summed E-state index contributed by atoms with van der Waals surface area (Å²) in [6, 6.07) is 13.0. The molecule has 0 spiro atoms. The number of carbonyl (C=O) groups excluding carboxylic acids is 2. The molecule has 206 valence electrons. The summed E-state index contributed by atoms with van der Waals surface area (Å²) in [7, 11) is 0. The van der Waals surface area contributed by atoms with Crippen molar-refractivity contribution in [3.63, 3.8) is 0 Å². The molecule has 1 saturated heterocycles. The molecule has 0 bridgehead atoms. The number of dihydropyridines is 1. The SMILES string of the molecule is CC1=C(C(=O)OC[C@@H]2CCCO2)[C@H](c2coc3ccc(Cl)cc3c2=O)C2=C(C[C@H](c3ccc(C)cc3)CC2=O)N1. The predicted octanol–water partition coefficient (Wildman–Crippen LogP) is 5.84. The Morgan fingerprint density at radius 1 is 1.10 bits per heavy atom. The van der Waals surface area contributed by atoms with Crippen LogP contribution in [0, 0.1) is 6.92 Å². The van der Waals surface area contributed by atoms with Gasteiger partial charge < -0.3 is 19.2 Å². The summed E-state index contributed by atoms with van der Waals surface area (Å²) in [6.45, 7) is 4.56. The number of esters is 1. The van der Waals surface area contributed by atoms with Crippen LogP contribution in [0.15, 0.2) is 80.5 Å². The predicted molar refractivity (Wildman–Crippen MR) is 151 cm³/mol. The van der Waals surface area contributed by atoms with Crippen LogP contribution >= 0.6 is 11.6 Å². The van der Waals surface area contributed by atoms with Gasteiger partial charge in [-0.15, -0.1) is 0 Å². The Hall–Kier alpha value is -3.68. The third-order valence-corrected chi connectivity index (χ3v) is 8.33. The lowest BCUT2D eigenvalue weighted by molar-refractivity contribution is -0.142. The van der Waals surface area contributed by atoms with Crippen molar-refractivity contribution in [3.8, 4) is 0 Å². The van der Waals surface area contributed by atoms with Gasteiger partial charge in [0.15, 0.2) is 11.2 Å². The van der Waals surface area contributed by atoms with Crippen LogP contribution in [0.2, 0.25) is 5.02 Å². The van der Waals surface area contributed by atoms with Crippen LogP contribution < -0.4 is 10.7 Å². The maximum atomic E-state index is 13.9. The molecule has 0 radical (unpaired) electrons. The fourth-order valence-electron chi connectivity index (χ4n) is 6.03. The number of ketones is 1. The molecule has 0 unspecified atom stereocenters. The first-order chi connectivity index (χ1) is 19.3. The van der Waals surface area contributed by atoms with Crippen LogP contribution in [0.4, 0.5) is 0 Å². The summed E-state index contributed by atoms with van der Waals surface area (Å²) >= 11 is 6.20. The second-order valence-corrected chi connectivity index (χ2v) is 11.3. The highest BCUT2D eigenvalue weighted by Crippen LogP contribution is 2.45. The van der Waals surface area contributed by atoms with E-state index < -0.39 is 11.9 Å². The quantitative estimate of drug-likeness (QED) is 0.392. The monoisotopic (exact) mass is 559 g/mol. The first-order valence-electron chi connectivity index (χ1n) is 13.6. The van der Waals surface area contributed by atoms with Crippen molar-refractivity contribution in [1.29, 1.82) is 0 Å². The van der Waals surface area contributed by atoms with E-state index in [-0.39, 0.29) is 52.8 Å². The van der Waals surface area contributed by atoms with Gasteiger partial charge in [-0.1, -0.05) is 41.4 Å². The van der Waals surface area contributed by atoms with E-state index in [1.807, 2.05) is 19.1 Å². The number of hydrogen-bond donors (Lipinski definition) is 1. The zero-order valence-electron chi connectivity index (χ0n) is 22.4. The molecule has 1 N–H and O–H groups in total. The summed E-state index contributed by atoms with van der Waals surface area (Å²) in [5, 5.41) is 4.01. The van der Waals surface area contributed by atoms with E-state index in [0.29, 0.717) is 40.6 Å². The smallest absolute Gasteiger partial charge is 0.336 e. The standard InChI is InChI=1S/C32H30ClNO6/c1-17-5-7-19(8-6-17)20-12-25-30(26(35)13-20)29(24-16-39-27-10-9-21(33)14-23(27)31(24)36)28(18(2)34-25)32(37)40-15-22-4-3-11-38-22/h5-10,14,16,20,22,29,34H,3-4,11-13,15H2,1-2H3/t20-,22-,29-/m0/s1. The highest BCUT2D eigenvalue weighted by molar-refractivity contribution is 6.31. The number of hydrogen-bond acceptors (Lipinski definition) is 7. The van der Waals surface area contributed by atoms with Crippen molar-refractivity contribution in [2.45, 2.75) is 57.5 Å². The van der Waals surface area contributed by atoms with E-state index in [2.05, 4.69) is 17.4 Å². The Kier molecular flexibility index (Phi) is 7.11. The van der Waals surface area contributed by atoms with Gasteiger partial charge in [0.05, 0.1) is 29.2 Å². The molecule has 3 aromatic rings. The van der Waals surface area contributed by atoms with E-state index in [0.717, 1.165) is 24.0 Å². The Morgan fingerprint density at radius 2 is 1.90 bits per heavy atom. The van der Waals surface area contributed by atoms with Crippen molar-refractivity contribution < 1.29 is 23.5 Å². The Morgan fingerprint density at radius 3 is 2.65 bits per heavy atom. The second kappa shape index (κ2) is 10.7. The number of nitrogens with one attached hydrogen (secondary N) is 1. The van der Waals surface area contributed by atoms with Crippen LogP contribution in [0.25, 0.3) is 11.0 Å². The van der Waals surface area contributed by atoms with E-state index >= 15 is 0 Å². The van der Waals surface area contributed by atoms with E-state index in [9.17, 15) is 14.4 Å². The number of ether oxygens (including phenoxy) is 2. The molecular weight excluding hydrogens is 530 g/mol. The van der Waals surface area contributed by atoms with Crippen molar-refractivity contribution in [2.75, 3.05) is 13.2 Å².